The van der Waals surface area contributed by atoms with Gasteiger partial charge in [0.15, 0.2) is 28.9 Å². The van der Waals surface area contributed by atoms with Crippen LogP contribution in [0.1, 0.15) is 19.2 Å². The summed E-state index contributed by atoms with van der Waals surface area (Å²) in [6.07, 6.45) is 0. The summed E-state index contributed by atoms with van der Waals surface area (Å²) in [4.78, 5) is 30.4. The number of hydrogen-bond acceptors (Lipinski definition) is 8. The van der Waals surface area contributed by atoms with Crippen molar-refractivity contribution in [2.45, 2.75) is 0 Å². The second-order valence-electron chi connectivity index (χ2n) is 24.6. The molecule has 0 fully saturated rings. The molecule has 12 nitrogen and oxygen atoms in total. The molecule has 0 atom stereocenters. The van der Waals surface area contributed by atoms with E-state index in [4.69, 9.17) is 55.2 Å². The molecule has 22 aromatic rings. The summed E-state index contributed by atoms with van der Waals surface area (Å²) in [6, 6.07) is 73.4. The number of aromatic nitrogens is 10. The van der Waals surface area contributed by atoms with E-state index in [1.807, 2.05) is 208 Å². The van der Waals surface area contributed by atoms with Crippen molar-refractivity contribution in [2.24, 2.45) is 0 Å². The Kier molecular flexibility index (Phi) is 9.96. The van der Waals surface area contributed by atoms with E-state index in [0.29, 0.717) is 39.7 Å². The number of furan rings is 2. The van der Waals surface area contributed by atoms with Crippen LogP contribution in [0.5, 0.6) is 0 Å². The maximum absolute atomic E-state index is 9.49. The molecule has 0 aliphatic rings. The Labute approximate surface area is 600 Å². The zero-order valence-electron chi connectivity index (χ0n) is 67.4. The molecule has 0 amide bonds. The monoisotopic (exact) mass is 1320 g/mol. The summed E-state index contributed by atoms with van der Waals surface area (Å²) in [5, 5.41) is 7.43. The van der Waals surface area contributed by atoms with Gasteiger partial charge >= 0.3 is 0 Å². The van der Waals surface area contributed by atoms with Crippen molar-refractivity contribution in [3.05, 3.63) is 327 Å². The van der Waals surface area contributed by atoms with Gasteiger partial charge in [0.25, 0.3) is 0 Å². The molecule has 14 aromatic carbocycles. The molecular formula is C90H54N10O2. The van der Waals surface area contributed by atoms with Crippen LogP contribution in [0.25, 0.3) is 200 Å². The maximum Gasteiger partial charge on any atom is 0.238 e. The third kappa shape index (κ3) is 8.76. The van der Waals surface area contributed by atoms with E-state index in [1.165, 1.54) is 0 Å². The minimum absolute atomic E-state index is 0.00662. The molecular weight excluding hydrogens is 1250 g/mol. The van der Waals surface area contributed by atoms with Crippen LogP contribution in [0.3, 0.4) is 0 Å². The Morgan fingerprint density at radius 2 is 0.588 bits per heavy atom. The Bertz CT molecular complexity index is 7970. The Hall–Kier alpha value is -14.1. The van der Waals surface area contributed by atoms with Crippen molar-refractivity contribution in [1.82, 2.24) is 48.2 Å². The highest BCUT2D eigenvalue weighted by molar-refractivity contribution is 6.26. The molecule has 22 rings (SSSR count). The van der Waals surface area contributed by atoms with E-state index in [0.717, 1.165) is 87.5 Å². The molecule has 0 N–H and O–H groups in total. The van der Waals surface area contributed by atoms with Gasteiger partial charge in [0.05, 0.1) is 74.6 Å². The fourth-order valence-corrected chi connectivity index (χ4v) is 14.6. The number of rotatable bonds is 8. The maximum atomic E-state index is 9.49. The Balaban J connectivity index is 0.000000145. The van der Waals surface area contributed by atoms with Gasteiger partial charge in [-0.2, -0.15) is 19.9 Å². The second kappa shape index (κ2) is 22.7. The summed E-state index contributed by atoms with van der Waals surface area (Å²) in [5.41, 5.74) is 9.38. The van der Waals surface area contributed by atoms with Crippen LogP contribution in [-0.4, -0.2) is 48.2 Å². The SMILES string of the molecule is [2H]c1c([2H])c([2H])c2c(oc3c(-c4nc(-c5ccccc5)nc(-n5c6ccccc6c6ccc7c8ccccc8n(-c8ccccc8)c7c65)n4)c([2H])c([2H])c([2H])c32)c1[2H].[2H]c1c([2H])c([2H])c2c(oc3c(-n4c5ccccc5c5ccc6c7ccccc7n(-c7nc(-c8ccccc8)nc(-c8ccccc8)n7)c6c54)c([2H])c([2H])c([2H])c32)c1[2H]. The van der Waals surface area contributed by atoms with Crippen LogP contribution in [0.2, 0.25) is 0 Å². The Morgan fingerprint density at radius 3 is 1.07 bits per heavy atom. The van der Waals surface area contributed by atoms with Crippen LogP contribution in [0.4, 0.5) is 0 Å². The van der Waals surface area contributed by atoms with E-state index >= 15 is 0 Å². The van der Waals surface area contributed by atoms with Crippen LogP contribution < -0.4 is 0 Å². The quantitative estimate of drug-likeness (QED) is 0.147. The van der Waals surface area contributed by atoms with Crippen LogP contribution in [-0.2, 0) is 0 Å². The average Bonchev–Trinajstić information content (AvgIpc) is 1.54. The lowest BCUT2D eigenvalue weighted by atomic mass is 10.1. The van der Waals surface area contributed by atoms with Gasteiger partial charge in [-0.05, 0) is 60.6 Å². The summed E-state index contributed by atoms with van der Waals surface area (Å²) in [5.74, 6) is 1.78. The molecule has 12 heteroatoms. The molecule has 0 aliphatic heterocycles. The highest BCUT2D eigenvalue weighted by Crippen LogP contribution is 2.46. The van der Waals surface area contributed by atoms with Crippen molar-refractivity contribution in [3.8, 4) is 68.8 Å². The first-order chi connectivity index (χ1) is 56.4. The first-order valence-electron chi connectivity index (χ1n) is 40.0. The Morgan fingerprint density at radius 1 is 0.245 bits per heavy atom. The molecule has 476 valence electrons. The third-order valence-corrected chi connectivity index (χ3v) is 19.0. The lowest BCUT2D eigenvalue weighted by molar-refractivity contribution is 0.666. The fraction of sp³-hybridized carbons (Fsp3) is 0. The molecule has 0 saturated carbocycles. The minimum Gasteiger partial charge on any atom is -0.455 e. The molecule has 0 radical (unpaired) electrons. The summed E-state index contributed by atoms with van der Waals surface area (Å²) in [6.45, 7) is 0. The van der Waals surface area contributed by atoms with Crippen molar-refractivity contribution < 1.29 is 28.0 Å². The van der Waals surface area contributed by atoms with Crippen LogP contribution in [0.15, 0.2) is 336 Å². The van der Waals surface area contributed by atoms with Crippen molar-refractivity contribution in [1.29, 1.82) is 0 Å². The van der Waals surface area contributed by atoms with Crippen molar-refractivity contribution >= 4 is 131 Å². The molecule has 8 aromatic heterocycles. The largest absolute Gasteiger partial charge is 0.455 e. The molecule has 0 saturated heterocycles. The number of nitrogens with zero attached hydrogens (tertiary/aromatic N) is 10. The molecule has 8 heterocycles. The normalized spacial score (nSPS) is 13.8. The van der Waals surface area contributed by atoms with Gasteiger partial charge in [0.1, 0.15) is 16.7 Å². The van der Waals surface area contributed by atoms with Gasteiger partial charge in [-0.1, -0.05) is 267 Å². The van der Waals surface area contributed by atoms with Crippen molar-refractivity contribution in [2.75, 3.05) is 0 Å². The van der Waals surface area contributed by atoms with Gasteiger partial charge < -0.3 is 18.0 Å². The highest BCUT2D eigenvalue weighted by atomic mass is 16.3. The van der Waals surface area contributed by atoms with Crippen molar-refractivity contribution in [3.63, 3.8) is 0 Å². The average molecular weight is 1320 g/mol. The molecule has 102 heavy (non-hydrogen) atoms. The first kappa shape index (κ1) is 44.7. The predicted octanol–water partition coefficient (Wildman–Crippen LogP) is 22.6. The number of para-hydroxylation sites is 9. The zero-order chi connectivity index (χ0) is 79.1. The summed E-state index contributed by atoms with van der Waals surface area (Å²) >= 11 is 0. The van der Waals surface area contributed by atoms with Gasteiger partial charge in [-0.3, -0.25) is 9.13 Å². The summed E-state index contributed by atoms with van der Waals surface area (Å²) in [7, 11) is 0. The second-order valence-corrected chi connectivity index (χ2v) is 24.6. The van der Waals surface area contributed by atoms with Gasteiger partial charge in [0.2, 0.25) is 11.9 Å². The standard InChI is InChI=1S/2C45H27N5O/c1-3-14-28(15-4-1)43-46-44(36-22-13-21-35-32-20-9-12-25-39(32)51-42(35)36)48-45(47-43)50-38-24-11-8-19-31(38)34-27-26-33-30-18-7-10-23-37(30)49(40(33)41(34)50)29-16-5-2-6-17-29;1-3-14-28(15-4-1)43-46-44(29-16-5-2-6-17-29)48-45(47-43)50-37-23-11-8-19-31(37)34-27-26-33-30-18-7-10-22-36(30)49(40(33)41(34)50)38-24-13-21-35-32-20-9-12-25-39(32)51-42(35)38/h2*1-27H/i9D,12D,13D,20D,21D,22D,25D;9D,12D,13D,20D,21D,24D,25D. The van der Waals surface area contributed by atoms with Gasteiger partial charge in [-0.25, -0.2) is 9.97 Å². The third-order valence-electron chi connectivity index (χ3n) is 19.0. The van der Waals surface area contributed by atoms with Crippen LogP contribution in [0, 0.1) is 0 Å². The molecule has 0 unspecified atom stereocenters. The van der Waals surface area contributed by atoms with E-state index < -0.39 is 66.5 Å². The molecule has 0 bridgehead atoms. The number of hydrogen-bond donors (Lipinski definition) is 0. The molecule has 0 spiro atoms. The topological polar surface area (TPSA) is 123 Å². The number of benzene rings is 14. The summed E-state index contributed by atoms with van der Waals surface area (Å²) < 4.78 is 144. The van der Waals surface area contributed by atoms with Crippen LogP contribution >= 0.6 is 0 Å². The minimum atomic E-state index is -0.499. The fourth-order valence-electron chi connectivity index (χ4n) is 14.6. The lowest BCUT2D eigenvalue weighted by Gasteiger charge is -2.13. The van der Waals surface area contributed by atoms with E-state index in [2.05, 4.69) is 53.1 Å². The predicted molar refractivity (Wildman–Crippen MR) is 413 cm³/mol. The van der Waals surface area contributed by atoms with Gasteiger partial charge in [0, 0.05) is 87.0 Å². The van der Waals surface area contributed by atoms with Gasteiger partial charge in [-0.15, -0.1) is 0 Å². The van der Waals surface area contributed by atoms with E-state index in [-0.39, 0.29) is 90.9 Å². The smallest absolute Gasteiger partial charge is 0.238 e. The zero-order valence-corrected chi connectivity index (χ0v) is 53.4. The van der Waals surface area contributed by atoms with E-state index in [9.17, 15) is 2.74 Å². The number of fused-ring (bicyclic) bond motifs is 20. The lowest BCUT2D eigenvalue weighted by Crippen LogP contribution is -2.07. The van der Waals surface area contributed by atoms with E-state index in [1.54, 1.807) is 0 Å². The molecule has 0 aliphatic carbocycles. The highest BCUT2D eigenvalue weighted by Gasteiger charge is 2.28. The first-order valence-corrected chi connectivity index (χ1v) is 33.0.